The van der Waals surface area contributed by atoms with Crippen molar-refractivity contribution in [2.45, 2.75) is 77.2 Å². The highest BCUT2D eigenvalue weighted by Crippen LogP contribution is 2.37. The maximum Gasteiger partial charge on any atom is 0.245 e. The fourth-order valence-electron chi connectivity index (χ4n) is 2.08. The predicted octanol–water partition coefficient (Wildman–Crippen LogP) is 4.68. The average Bonchev–Trinajstić information content (AvgIpc) is 2.38. The maximum atomic E-state index is 10.9. The molecule has 0 spiro atoms. The lowest BCUT2D eigenvalue weighted by Crippen LogP contribution is -2.50. The van der Waals surface area contributed by atoms with Gasteiger partial charge < -0.3 is 18.6 Å². The van der Waals surface area contributed by atoms with Gasteiger partial charge in [0.05, 0.1) is 12.7 Å². The number of hydrogen-bond donors (Lipinski definition) is 1. The Morgan fingerprint density at radius 1 is 1.38 bits per heavy atom. The van der Waals surface area contributed by atoms with Crippen LogP contribution in [0.2, 0.25) is 18.1 Å². The van der Waals surface area contributed by atoms with Crippen LogP contribution in [0.4, 0.5) is 4.79 Å². The summed E-state index contributed by atoms with van der Waals surface area (Å²) < 4.78 is 23.4. The van der Waals surface area contributed by atoms with Crippen LogP contribution in [0.5, 0.6) is 0 Å². The molecule has 0 radical (unpaired) electrons. The minimum Gasteiger partial charge on any atom is -0.417 e. The van der Waals surface area contributed by atoms with Crippen LogP contribution in [-0.2, 0) is 18.6 Å². The molecule has 0 saturated carbocycles. The van der Waals surface area contributed by atoms with Crippen molar-refractivity contribution in [1.82, 2.24) is 0 Å². The number of carbonyl (C=O) groups excluding carboxylic acids is 1. The molecular formula is C16H32O5S2Si. The van der Waals surface area contributed by atoms with Crippen LogP contribution in [0.25, 0.3) is 0 Å². The first-order chi connectivity index (χ1) is 10.8. The Bertz CT molecular complexity index is 423. The molecule has 0 aromatic heterocycles. The van der Waals surface area contributed by atoms with E-state index < -0.39 is 14.1 Å². The fourth-order valence-corrected chi connectivity index (χ4v) is 3.65. The monoisotopic (exact) mass is 396 g/mol. The number of carbonyl (C=O) groups is 1. The zero-order chi connectivity index (χ0) is 18.6. The van der Waals surface area contributed by atoms with Gasteiger partial charge >= 0.3 is 0 Å². The highest BCUT2D eigenvalue weighted by molar-refractivity contribution is 8.31. The van der Waals surface area contributed by atoms with Gasteiger partial charge in [-0.05, 0) is 50.2 Å². The van der Waals surface area contributed by atoms with Gasteiger partial charge in [-0.25, -0.2) is 0 Å². The van der Waals surface area contributed by atoms with E-state index in [1.54, 1.807) is 0 Å². The number of hydrogen-bond acceptors (Lipinski definition) is 6. The Labute approximate surface area is 157 Å². The van der Waals surface area contributed by atoms with Crippen molar-refractivity contribution in [3.8, 4) is 0 Å². The summed E-state index contributed by atoms with van der Waals surface area (Å²) in [6, 6.07) is 0. The van der Waals surface area contributed by atoms with Gasteiger partial charge in [0.15, 0.2) is 14.1 Å². The van der Waals surface area contributed by atoms with E-state index in [2.05, 4.69) is 46.5 Å². The first-order valence-corrected chi connectivity index (χ1v) is 12.6. The van der Waals surface area contributed by atoms with E-state index in [1.165, 1.54) is 0 Å². The fraction of sp³-hybridized carbons (Fsp3) is 0.938. The van der Waals surface area contributed by atoms with Gasteiger partial charge in [0.2, 0.25) is 4.45 Å². The minimum atomic E-state index is -1.77. The molecule has 0 aliphatic carbocycles. The Kier molecular flexibility index (Phi) is 8.31. The van der Waals surface area contributed by atoms with E-state index >= 15 is 0 Å². The first kappa shape index (κ1) is 22.5. The topological polar surface area (TPSA) is 54.0 Å². The third-order valence-electron chi connectivity index (χ3n) is 4.58. The van der Waals surface area contributed by atoms with Crippen LogP contribution in [0.15, 0.2) is 0 Å². The Hall–Kier alpha value is 0.427. The van der Waals surface area contributed by atoms with Crippen molar-refractivity contribution in [2.24, 2.45) is 0 Å². The van der Waals surface area contributed by atoms with Crippen molar-refractivity contribution in [1.29, 1.82) is 0 Å². The molecule has 24 heavy (non-hydrogen) atoms. The first-order valence-electron chi connectivity index (χ1n) is 8.27. The van der Waals surface area contributed by atoms with Crippen molar-refractivity contribution in [3.05, 3.63) is 0 Å². The highest BCUT2D eigenvalue weighted by Gasteiger charge is 2.39. The lowest BCUT2D eigenvalue weighted by Gasteiger charge is -2.41. The summed E-state index contributed by atoms with van der Waals surface area (Å²) in [6.45, 7) is 16.0. The van der Waals surface area contributed by atoms with E-state index in [0.717, 1.165) is 18.2 Å². The predicted molar refractivity (Wildman–Crippen MR) is 104 cm³/mol. The van der Waals surface area contributed by atoms with Gasteiger partial charge in [0.25, 0.3) is 0 Å². The van der Waals surface area contributed by atoms with Crippen LogP contribution in [-0.4, -0.2) is 49.9 Å². The summed E-state index contributed by atoms with van der Waals surface area (Å²) in [4.78, 5) is 10.9. The third-order valence-corrected chi connectivity index (χ3v) is 10.0. The van der Waals surface area contributed by atoms with Gasteiger partial charge in [0, 0.05) is 6.61 Å². The molecule has 1 rings (SSSR count). The molecule has 1 aliphatic heterocycles. The molecule has 0 aromatic rings. The highest BCUT2D eigenvalue weighted by atomic mass is 32.2. The molecule has 1 heterocycles. The van der Waals surface area contributed by atoms with Crippen molar-refractivity contribution in [3.63, 3.8) is 0 Å². The van der Waals surface area contributed by atoms with E-state index in [-0.39, 0.29) is 27.6 Å². The van der Waals surface area contributed by atoms with Crippen LogP contribution in [0.1, 0.15) is 41.0 Å². The normalized spacial score (nSPS) is 24.8. The smallest absolute Gasteiger partial charge is 0.245 e. The van der Waals surface area contributed by atoms with Gasteiger partial charge in [-0.2, -0.15) is 0 Å². The lowest BCUT2D eigenvalue weighted by atomic mass is 10.1. The van der Waals surface area contributed by atoms with Gasteiger partial charge in [-0.3, -0.25) is 4.79 Å². The van der Waals surface area contributed by atoms with Crippen molar-refractivity contribution >= 4 is 37.2 Å². The molecule has 1 aliphatic rings. The Morgan fingerprint density at radius 2 is 2.00 bits per heavy atom. The number of rotatable bonds is 7. The molecule has 0 bridgehead atoms. The largest absolute Gasteiger partial charge is 0.417 e. The summed E-state index contributed by atoms with van der Waals surface area (Å²) in [5.41, 5.74) is 0. The molecule has 0 N–H and O–H groups in total. The zero-order valence-electron chi connectivity index (χ0n) is 15.9. The van der Waals surface area contributed by atoms with Gasteiger partial charge in [-0.1, -0.05) is 33.4 Å². The molecule has 0 unspecified atom stereocenters. The Morgan fingerprint density at radius 3 is 2.54 bits per heavy atom. The average molecular weight is 397 g/mol. The summed E-state index contributed by atoms with van der Waals surface area (Å²) in [5, 5.41) is 0.183. The van der Waals surface area contributed by atoms with Crippen LogP contribution in [0.3, 0.4) is 0 Å². The van der Waals surface area contributed by atoms with Gasteiger partial charge in [0.1, 0.15) is 12.0 Å². The number of thiol groups is 1. The SMILES string of the molecule is CC1(C)OC[C@H](OCSC(=O)S)[C@@H](CCO[Si](C)(C)C(C)(C)C)O1. The third kappa shape index (κ3) is 7.35. The minimum absolute atomic E-state index is 0.117. The van der Waals surface area contributed by atoms with Crippen LogP contribution < -0.4 is 0 Å². The molecule has 0 aromatic carbocycles. The summed E-state index contributed by atoms with van der Waals surface area (Å²) in [7, 11) is -1.77. The lowest BCUT2D eigenvalue weighted by molar-refractivity contribution is -0.309. The standard InChI is InChI=1S/C16H32O5S2Si/c1-15(2,3)24(6,7)20-9-8-12-13(18-11-23-14(17)22)10-19-16(4,5)21-12/h12-13H,8-11H2,1-7H3,(H,17,22)/t12-,13+/m1/s1. The Balaban J connectivity index is 2.56. The summed E-state index contributed by atoms with van der Waals surface area (Å²) >= 11 is 4.75. The molecule has 1 saturated heterocycles. The van der Waals surface area contributed by atoms with Crippen LogP contribution >= 0.6 is 24.4 Å². The summed E-state index contributed by atoms with van der Waals surface area (Å²) in [6.07, 6.45) is 0.416. The zero-order valence-corrected chi connectivity index (χ0v) is 18.6. The van der Waals surface area contributed by atoms with E-state index in [1.807, 2.05) is 13.8 Å². The summed E-state index contributed by atoms with van der Waals surface area (Å²) in [5.74, 6) is -0.381. The molecular weight excluding hydrogens is 364 g/mol. The van der Waals surface area contributed by atoms with Gasteiger partial charge in [-0.15, -0.1) is 0 Å². The molecule has 0 amide bonds. The number of ether oxygens (including phenoxy) is 3. The molecule has 142 valence electrons. The molecule has 5 nitrogen and oxygen atoms in total. The van der Waals surface area contributed by atoms with E-state index in [4.69, 9.17) is 18.6 Å². The molecule has 2 atom stereocenters. The van der Waals surface area contributed by atoms with Crippen molar-refractivity contribution < 1.29 is 23.4 Å². The maximum absolute atomic E-state index is 10.9. The van der Waals surface area contributed by atoms with Crippen LogP contribution in [0, 0.1) is 0 Å². The number of thioether (sulfide) groups is 1. The second kappa shape index (κ2) is 8.88. The van der Waals surface area contributed by atoms with E-state index in [0.29, 0.717) is 13.2 Å². The second-order valence-corrected chi connectivity index (χ2v) is 14.4. The van der Waals surface area contributed by atoms with E-state index in [9.17, 15) is 4.79 Å². The van der Waals surface area contributed by atoms with Crippen molar-refractivity contribution in [2.75, 3.05) is 19.2 Å². The quantitative estimate of drug-likeness (QED) is 0.383. The second-order valence-electron chi connectivity index (χ2n) is 8.00. The molecule has 1 fully saturated rings. The molecule has 8 heteroatoms.